The number of rotatable bonds is 4. The molecule has 0 spiro atoms. The van der Waals surface area contributed by atoms with Crippen LogP contribution in [0.2, 0.25) is 5.15 Å². The average molecular weight is 417 g/mol. The molecule has 0 radical (unpaired) electrons. The molecule has 0 saturated heterocycles. The summed E-state index contributed by atoms with van der Waals surface area (Å²) in [5.41, 5.74) is 5.24. The van der Waals surface area contributed by atoms with E-state index in [2.05, 4.69) is 20.9 Å². The van der Waals surface area contributed by atoms with E-state index in [-0.39, 0.29) is 0 Å². The maximum absolute atomic E-state index is 6.49. The van der Waals surface area contributed by atoms with Gasteiger partial charge in [0.2, 0.25) is 0 Å². The van der Waals surface area contributed by atoms with Crippen LogP contribution in [0.1, 0.15) is 16.8 Å². The highest BCUT2D eigenvalue weighted by Crippen LogP contribution is 2.27. The minimum atomic E-state index is 0.550. The van der Waals surface area contributed by atoms with Crippen LogP contribution in [0.25, 0.3) is 22.3 Å². The van der Waals surface area contributed by atoms with Gasteiger partial charge in [-0.2, -0.15) is 0 Å². The Balaban J connectivity index is 1.37. The maximum Gasteiger partial charge on any atom is 0.159 e. The van der Waals surface area contributed by atoms with Gasteiger partial charge in [0.15, 0.2) is 5.82 Å². The molecule has 30 heavy (non-hydrogen) atoms. The number of pyridine rings is 1. The number of hydrogen-bond acceptors (Lipinski definition) is 5. The summed E-state index contributed by atoms with van der Waals surface area (Å²) in [5.74, 6) is 1.61. The van der Waals surface area contributed by atoms with Crippen molar-refractivity contribution < 1.29 is 4.74 Å². The number of ether oxygens (including phenoxy) is 1. The van der Waals surface area contributed by atoms with E-state index in [1.54, 1.807) is 7.11 Å². The molecule has 1 aliphatic heterocycles. The molecular formula is C24H21ClN4O. The van der Waals surface area contributed by atoms with Gasteiger partial charge in [-0.05, 0) is 24.3 Å². The van der Waals surface area contributed by atoms with Crippen LogP contribution in [0.4, 0.5) is 0 Å². The highest BCUT2D eigenvalue weighted by atomic mass is 35.5. The van der Waals surface area contributed by atoms with E-state index in [1.807, 2.05) is 54.7 Å². The summed E-state index contributed by atoms with van der Waals surface area (Å²) in [6.45, 7) is 2.46. The predicted molar refractivity (Wildman–Crippen MR) is 119 cm³/mol. The molecule has 0 aliphatic carbocycles. The largest absolute Gasteiger partial charge is 0.497 e. The molecule has 5 nitrogen and oxygen atoms in total. The van der Waals surface area contributed by atoms with Crippen LogP contribution in [-0.4, -0.2) is 33.5 Å². The van der Waals surface area contributed by atoms with Crippen LogP contribution in [0.3, 0.4) is 0 Å². The molecule has 0 bridgehead atoms. The smallest absolute Gasteiger partial charge is 0.159 e. The first kappa shape index (κ1) is 19.0. The fourth-order valence-corrected chi connectivity index (χ4v) is 4.09. The number of methoxy groups -OCH3 is 1. The van der Waals surface area contributed by atoms with Crippen LogP contribution in [0, 0.1) is 0 Å². The van der Waals surface area contributed by atoms with Crippen LogP contribution in [0.5, 0.6) is 5.75 Å². The van der Waals surface area contributed by atoms with Crippen LogP contribution in [-0.2, 0) is 19.5 Å². The number of fused-ring (bicyclic) bond motifs is 2. The number of nitrogens with zero attached hydrogens (tertiary/aromatic N) is 4. The third kappa shape index (κ3) is 3.74. The molecule has 4 aromatic rings. The molecule has 0 unspecified atom stereocenters. The van der Waals surface area contributed by atoms with Gasteiger partial charge in [0, 0.05) is 54.3 Å². The Morgan fingerprint density at radius 1 is 1.07 bits per heavy atom. The number of halogens is 1. The van der Waals surface area contributed by atoms with Crippen molar-refractivity contribution >= 4 is 22.5 Å². The van der Waals surface area contributed by atoms with Gasteiger partial charge in [-0.1, -0.05) is 41.9 Å². The standard InChI is InChI=1S/C24H21ClN4O/c1-30-20-7-8-21-17(12-20)11-18(23(25)27-21)14-29-10-9-22-19(15-29)13-26-24(28-22)16-5-3-2-4-6-16/h2-8,11-13H,9-10,14-15H2,1H3. The van der Waals surface area contributed by atoms with Gasteiger partial charge in [-0.3, -0.25) is 4.90 Å². The lowest BCUT2D eigenvalue weighted by molar-refractivity contribution is 0.243. The molecule has 3 heterocycles. The Bertz CT molecular complexity index is 1210. The summed E-state index contributed by atoms with van der Waals surface area (Å²) in [7, 11) is 1.67. The summed E-state index contributed by atoms with van der Waals surface area (Å²) in [6, 6.07) is 18.0. The summed E-state index contributed by atoms with van der Waals surface area (Å²) in [5, 5.41) is 1.58. The lowest BCUT2D eigenvalue weighted by Crippen LogP contribution is -2.31. The van der Waals surface area contributed by atoms with E-state index in [9.17, 15) is 0 Å². The van der Waals surface area contributed by atoms with Crippen LogP contribution in [0.15, 0.2) is 60.8 Å². The first-order valence-electron chi connectivity index (χ1n) is 9.95. The monoisotopic (exact) mass is 416 g/mol. The van der Waals surface area contributed by atoms with Crippen LogP contribution < -0.4 is 4.74 Å². The van der Waals surface area contributed by atoms with Gasteiger partial charge < -0.3 is 4.74 Å². The molecule has 0 saturated carbocycles. The molecule has 6 heteroatoms. The van der Waals surface area contributed by atoms with Crippen molar-refractivity contribution in [2.45, 2.75) is 19.5 Å². The number of benzene rings is 2. The molecule has 5 rings (SSSR count). The Labute approximate surface area is 180 Å². The summed E-state index contributed by atoms with van der Waals surface area (Å²) >= 11 is 6.49. The topological polar surface area (TPSA) is 51.1 Å². The van der Waals surface area contributed by atoms with Crippen molar-refractivity contribution in [3.8, 4) is 17.1 Å². The van der Waals surface area contributed by atoms with Gasteiger partial charge in [0.25, 0.3) is 0 Å². The molecule has 0 amide bonds. The van der Waals surface area contributed by atoms with E-state index in [4.69, 9.17) is 21.3 Å². The van der Waals surface area contributed by atoms with E-state index < -0.39 is 0 Å². The van der Waals surface area contributed by atoms with Gasteiger partial charge in [-0.25, -0.2) is 15.0 Å². The molecule has 0 atom stereocenters. The fraction of sp³-hybridized carbons (Fsp3) is 0.208. The van der Waals surface area contributed by atoms with Gasteiger partial charge in [0.05, 0.1) is 18.3 Å². The molecule has 2 aromatic heterocycles. The maximum atomic E-state index is 6.49. The van der Waals surface area contributed by atoms with E-state index >= 15 is 0 Å². The van der Waals surface area contributed by atoms with E-state index in [0.29, 0.717) is 5.15 Å². The second-order valence-corrected chi connectivity index (χ2v) is 7.85. The van der Waals surface area contributed by atoms with Crippen molar-refractivity contribution in [2.75, 3.05) is 13.7 Å². The molecule has 0 fully saturated rings. The quantitative estimate of drug-likeness (QED) is 0.442. The Morgan fingerprint density at radius 3 is 2.77 bits per heavy atom. The van der Waals surface area contributed by atoms with Gasteiger partial charge >= 0.3 is 0 Å². The lowest BCUT2D eigenvalue weighted by Gasteiger charge is -2.28. The predicted octanol–water partition coefficient (Wildman–Crippen LogP) is 4.91. The highest BCUT2D eigenvalue weighted by molar-refractivity contribution is 6.30. The first-order chi connectivity index (χ1) is 14.7. The Hall–Kier alpha value is -3.02. The van der Waals surface area contributed by atoms with Crippen molar-refractivity contribution in [3.63, 3.8) is 0 Å². The van der Waals surface area contributed by atoms with E-state index in [1.165, 1.54) is 5.56 Å². The molecule has 0 N–H and O–H groups in total. The van der Waals surface area contributed by atoms with Gasteiger partial charge in [0.1, 0.15) is 10.9 Å². The highest BCUT2D eigenvalue weighted by Gasteiger charge is 2.20. The second kappa shape index (κ2) is 8.01. The zero-order valence-corrected chi connectivity index (χ0v) is 17.4. The molecule has 1 aliphatic rings. The van der Waals surface area contributed by atoms with Crippen molar-refractivity contribution in [2.24, 2.45) is 0 Å². The van der Waals surface area contributed by atoms with Crippen molar-refractivity contribution in [1.29, 1.82) is 0 Å². The second-order valence-electron chi connectivity index (χ2n) is 7.49. The lowest BCUT2D eigenvalue weighted by atomic mass is 10.1. The molecular weight excluding hydrogens is 396 g/mol. The average Bonchev–Trinajstić information content (AvgIpc) is 2.79. The first-order valence-corrected chi connectivity index (χ1v) is 10.3. The molecule has 2 aromatic carbocycles. The zero-order chi connectivity index (χ0) is 20.5. The third-order valence-corrected chi connectivity index (χ3v) is 5.81. The fourth-order valence-electron chi connectivity index (χ4n) is 3.89. The van der Waals surface area contributed by atoms with Crippen LogP contribution >= 0.6 is 11.6 Å². The van der Waals surface area contributed by atoms with Gasteiger partial charge in [-0.15, -0.1) is 0 Å². The van der Waals surface area contributed by atoms with Crippen molar-refractivity contribution in [1.82, 2.24) is 19.9 Å². The Kier molecular flexibility index (Phi) is 5.07. The SMILES string of the molecule is COc1ccc2nc(Cl)c(CN3CCc4nc(-c5ccccc5)ncc4C3)cc2c1. The summed E-state index contributed by atoms with van der Waals surface area (Å²) in [4.78, 5) is 16.3. The minimum absolute atomic E-state index is 0.550. The molecule has 150 valence electrons. The van der Waals surface area contributed by atoms with E-state index in [0.717, 1.165) is 65.4 Å². The Morgan fingerprint density at radius 2 is 1.93 bits per heavy atom. The zero-order valence-electron chi connectivity index (χ0n) is 16.7. The number of hydrogen-bond donors (Lipinski definition) is 0. The normalized spacial score (nSPS) is 13.9. The third-order valence-electron chi connectivity index (χ3n) is 5.49. The minimum Gasteiger partial charge on any atom is -0.497 e. The summed E-state index contributed by atoms with van der Waals surface area (Å²) in [6.07, 6.45) is 2.85. The number of aromatic nitrogens is 3. The van der Waals surface area contributed by atoms with Crippen molar-refractivity contribution in [3.05, 3.63) is 82.8 Å². The summed E-state index contributed by atoms with van der Waals surface area (Å²) < 4.78 is 5.34.